The van der Waals surface area contributed by atoms with Gasteiger partial charge in [0.15, 0.2) is 0 Å². The number of amides is 1. The third-order valence-electron chi connectivity index (χ3n) is 5.57. The minimum absolute atomic E-state index is 0.0124. The molecular formula is C21H25N3O3S. The first kappa shape index (κ1) is 19.0. The second-order valence-electron chi connectivity index (χ2n) is 7.44. The van der Waals surface area contributed by atoms with Gasteiger partial charge < -0.3 is 9.80 Å². The average molecular weight is 400 g/mol. The fraction of sp³-hybridized carbons (Fsp3) is 0.381. The van der Waals surface area contributed by atoms with Gasteiger partial charge in [0.05, 0.1) is 4.90 Å². The molecule has 0 unspecified atom stereocenters. The Balaban J connectivity index is 1.50. The van der Waals surface area contributed by atoms with E-state index >= 15 is 0 Å². The molecule has 28 heavy (non-hydrogen) atoms. The van der Waals surface area contributed by atoms with Crippen LogP contribution in [0.25, 0.3) is 0 Å². The lowest BCUT2D eigenvalue weighted by Crippen LogP contribution is -2.48. The molecule has 0 radical (unpaired) electrons. The summed E-state index contributed by atoms with van der Waals surface area (Å²) < 4.78 is 27.8. The predicted molar refractivity (Wildman–Crippen MR) is 110 cm³/mol. The number of benzene rings is 2. The number of hydrogen-bond acceptors (Lipinski definition) is 4. The van der Waals surface area contributed by atoms with Crippen molar-refractivity contribution in [3.8, 4) is 0 Å². The minimum Gasteiger partial charge on any atom is -0.369 e. The standard InChI is InChI=1S/C21H25N3O3S/c1-16-4-3-5-19(14-16)22-10-12-23(13-11-22)28(26,27)20-6-7-21-18(15-20)8-9-24(21)17(2)25/h3-7,14-15H,8-13H2,1-2H3. The first-order valence-electron chi connectivity index (χ1n) is 9.59. The van der Waals surface area contributed by atoms with Gasteiger partial charge in [0.2, 0.25) is 15.9 Å². The molecule has 0 bridgehead atoms. The molecule has 2 heterocycles. The zero-order chi connectivity index (χ0) is 19.9. The molecule has 0 aromatic heterocycles. The largest absolute Gasteiger partial charge is 0.369 e. The topological polar surface area (TPSA) is 60.9 Å². The van der Waals surface area contributed by atoms with Crippen molar-refractivity contribution in [1.82, 2.24) is 4.31 Å². The van der Waals surface area contributed by atoms with Gasteiger partial charge in [-0.25, -0.2) is 8.42 Å². The van der Waals surface area contributed by atoms with Crippen molar-refractivity contribution in [2.75, 3.05) is 42.5 Å². The van der Waals surface area contributed by atoms with E-state index < -0.39 is 10.0 Å². The van der Waals surface area contributed by atoms with Crippen LogP contribution in [0, 0.1) is 6.92 Å². The van der Waals surface area contributed by atoms with E-state index in [1.54, 1.807) is 27.4 Å². The number of sulfonamides is 1. The molecule has 4 rings (SSSR count). The number of anilines is 2. The van der Waals surface area contributed by atoms with Crippen LogP contribution in [-0.4, -0.2) is 51.4 Å². The molecular weight excluding hydrogens is 374 g/mol. The molecule has 0 aliphatic carbocycles. The Labute approximate surface area is 166 Å². The summed E-state index contributed by atoms with van der Waals surface area (Å²) >= 11 is 0. The van der Waals surface area contributed by atoms with Crippen molar-refractivity contribution in [2.45, 2.75) is 25.2 Å². The normalized spacial score (nSPS) is 17.6. The molecule has 2 aromatic carbocycles. The highest BCUT2D eigenvalue weighted by molar-refractivity contribution is 7.89. The zero-order valence-corrected chi connectivity index (χ0v) is 17.1. The van der Waals surface area contributed by atoms with Crippen LogP contribution in [-0.2, 0) is 21.2 Å². The second-order valence-corrected chi connectivity index (χ2v) is 9.38. The smallest absolute Gasteiger partial charge is 0.243 e. The van der Waals surface area contributed by atoms with Gasteiger partial charge >= 0.3 is 0 Å². The van der Waals surface area contributed by atoms with E-state index in [0.717, 1.165) is 16.9 Å². The van der Waals surface area contributed by atoms with Gasteiger partial charge in [-0.15, -0.1) is 0 Å². The average Bonchev–Trinajstić information content (AvgIpc) is 3.11. The SMILES string of the molecule is CC(=O)N1CCc2cc(S(=O)(=O)N3CCN(c4cccc(C)c4)CC3)ccc21. The fourth-order valence-corrected chi connectivity index (χ4v) is 5.50. The lowest BCUT2D eigenvalue weighted by atomic mass is 10.2. The van der Waals surface area contributed by atoms with Gasteiger partial charge in [0, 0.05) is 51.0 Å². The Kier molecular flexibility index (Phi) is 4.89. The predicted octanol–water partition coefficient (Wildman–Crippen LogP) is 2.41. The molecule has 148 valence electrons. The highest BCUT2D eigenvalue weighted by atomic mass is 32.2. The highest BCUT2D eigenvalue weighted by Gasteiger charge is 2.30. The van der Waals surface area contributed by atoms with Crippen molar-refractivity contribution in [3.63, 3.8) is 0 Å². The summed E-state index contributed by atoms with van der Waals surface area (Å²) in [5.41, 5.74) is 4.09. The van der Waals surface area contributed by atoms with E-state index in [4.69, 9.17) is 0 Å². The minimum atomic E-state index is -3.53. The molecule has 1 saturated heterocycles. The maximum Gasteiger partial charge on any atom is 0.243 e. The number of carbonyl (C=O) groups is 1. The second kappa shape index (κ2) is 7.22. The number of rotatable bonds is 3. The van der Waals surface area contributed by atoms with E-state index in [2.05, 4.69) is 30.0 Å². The number of hydrogen-bond donors (Lipinski definition) is 0. The molecule has 0 atom stereocenters. The zero-order valence-electron chi connectivity index (χ0n) is 16.3. The van der Waals surface area contributed by atoms with Crippen molar-refractivity contribution in [1.29, 1.82) is 0 Å². The monoisotopic (exact) mass is 399 g/mol. The number of piperazine rings is 1. The number of fused-ring (bicyclic) bond motifs is 1. The van der Waals surface area contributed by atoms with Gasteiger partial charge in [-0.3, -0.25) is 4.79 Å². The Bertz CT molecular complexity index is 1010. The molecule has 0 saturated carbocycles. The van der Waals surface area contributed by atoms with Gasteiger partial charge in [-0.2, -0.15) is 4.31 Å². The lowest BCUT2D eigenvalue weighted by Gasteiger charge is -2.35. The van der Waals surface area contributed by atoms with E-state index in [9.17, 15) is 13.2 Å². The maximum absolute atomic E-state index is 13.1. The van der Waals surface area contributed by atoms with Crippen LogP contribution < -0.4 is 9.80 Å². The third-order valence-corrected chi connectivity index (χ3v) is 7.46. The van der Waals surface area contributed by atoms with Crippen molar-refractivity contribution >= 4 is 27.3 Å². The van der Waals surface area contributed by atoms with Crippen LogP contribution in [0.4, 0.5) is 11.4 Å². The molecule has 2 aliphatic rings. The maximum atomic E-state index is 13.1. The fourth-order valence-electron chi connectivity index (χ4n) is 4.03. The quantitative estimate of drug-likeness (QED) is 0.795. The van der Waals surface area contributed by atoms with Crippen LogP contribution in [0.5, 0.6) is 0 Å². The molecule has 1 fully saturated rings. The summed E-state index contributed by atoms with van der Waals surface area (Å²) in [4.78, 5) is 16.0. The summed E-state index contributed by atoms with van der Waals surface area (Å²) in [6.45, 7) is 6.49. The Hall–Kier alpha value is -2.38. The summed E-state index contributed by atoms with van der Waals surface area (Å²) in [5, 5.41) is 0. The van der Waals surface area contributed by atoms with E-state index in [0.29, 0.717) is 44.0 Å². The molecule has 2 aromatic rings. The molecule has 6 nitrogen and oxygen atoms in total. The number of carbonyl (C=O) groups excluding carboxylic acids is 1. The van der Waals surface area contributed by atoms with E-state index in [1.165, 1.54) is 12.5 Å². The number of aryl methyl sites for hydroxylation is 1. The Morgan fingerprint density at radius 1 is 0.964 bits per heavy atom. The first-order chi connectivity index (χ1) is 13.4. The molecule has 7 heteroatoms. The Morgan fingerprint density at radius 3 is 2.39 bits per heavy atom. The lowest BCUT2D eigenvalue weighted by molar-refractivity contribution is -0.116. The Morgan fingerprint density at radius 2 is 1.71 bits per heavy atom. The molecule has 2 aliphatic heterocycles. The van der Waals surface area contributed by atoms with Gasteiger partial charge in [0.1, 0.15) is 0 Å². The van der Waals surface area contributed by atoms with Crippen LogP contribution in [0.1, 0.15) is 18.1 Å². The first-order valence-corrected chi connectivity index (χ1v) is 11.0. The summed E-state index contributed by atoms with van der Waals surface area (Å²) in [7, 11) is -3.53. The van der Waals surface area contributed by atoms with Crippen molar-refractivity contribution in [3.05, 3.63) is 53.6 Å². The van der Waals surface area contributed by atoms with Crippen LogP contribution in [0.15, 0.2) is 47.4 Å². The van der Waals surface area contributed by atoms with Gasteiger partial charge in [-0.05, 0) is 54.8 Å². The third kappa shape index (κ3) is 3.40. The van der Waals surface area contributed by atoms with Gasteiger partial charge in [0.25, 0.3) is 0 Å². The van der Waals surface area contributed by atoms with E-state index in [1.807, 2.05) is 6.07 Å². The summed E-state index contributed by atoms with van der Waals surface area (Å²) in [5.74, 6) is -0.0124. The molecule has 0 spiro atoms. The van der Waals surface area contributed by atoms with Gasteiger partial charge in [-0.1, -0.05) is 12.1 Å². The summed E-state index contributed by atoms with van der Waals surface area (Å²) in [6.07, 6.45) is 0.694. The summed E-state index contributed by atoms with van der Waals surface area (Å²) in [6, 6.07) is 13.4. The van der Waals surface area contributed by atoms with E-state index in [-0.39, 0.29) is 5.91 Å². The van der Waals surface area contributed by atoms with Crippen molar-refractivity contribution in [2.24, 2.45) is 0 Å². The van der Waals surface area contributed by atoms with Crippen molar-refractivity contribution < 1.29 is 13.2 Å². The number of nitrogens with zero attached hydrogens (tertiary/aromatic N) is 3. The van der Waals surface area contributed by atoms with Crippen LogP contribution in [0.3, 0.4) is 0 Å². The van der Waals surface area contributed by atoms with Crippen LogP contribution in [0.2, 0.25) is 0 Å². The highest BCUT2D eigenvalue weighted by Crippen LogP contribution is 2.31. The molecule has 1 amide bonds. The van der Waals surface area contributed by atoms with Crippen LogP contribution >= 0.6 is 0 Å². The molecule has 0 N–H and O–H groups in total.